The highest BCUT2D eigenvalue weighted by Gasteiger charge is 2.31. The van der Waals surface area contributed by atoms with Gasteiger partial charge in [-0.05, 0) is 24.1 Å². The van der Waals surface area contributed by atoms with E-state index < -0.39 is 9.84 Å². The third-order valence-electron chi connectivity index (χ3n) is 2.99. The lowest BCUT2D eigenvalue weighted by Gasteiger charge is -2.28. The fourth-order valence-electron chi connectivity index (χ4n) is 2.08. The van der Waals surface area contributed by atoms with Gasteiger partial charge < -0.3 is 5.73 Å². The molecule has 1 aromatic carbocycles. The van der Waals surface area contributed by atoms with Crippen LogP contribution in [0.1, 0.15) is 17.9 Å². The zero-order valence-electron chi connectivity index (χ0n) is 8.77. The van der Waals surface area contributed by atoms with Gasteiger partial charge in [0.1, 0.15) is 5.82 Å². The van der Waals surface area contributed by atoms with Gasteiger partial charge in [-0.2, -0.15) is 0 Å². The molecule has 16 heavy (non-hydrogen) atoms. The van der Waals surface area contributed by atoms with Crippen LogP contribution in [0.15, 0.2) is 24.3 Å². The molecule has 2 atom stereocenters. The van der Waals surface area contributed by atoms with Crippen LogP contribution in [0.25, 0.3) is 0 Å². The molecule has 2 N–H and O–H groups in total. The van der Waals surface area contributed by atoms with Crippen LogP contribution < -0.4 is 5.73 Å². The number of halogens is 1. The molecule has 3 nitrogen and oxygen atoms in total. The minimum absolute atomic E-state index is 0.0254. The highest BCUT2D eigenvalue weighted by Crippen LogP contribution is 2.27. The molecule has 0 spiro atoms. The molecule has 1 aliphatic heterocycles. The van der Waals surface area contributed by atoms with Gasteiger partial charge in [0.25, 0.3) is 0 Å². The van der Waals surface area contributed by atoms with Gasteiger partial charge in [0.15, 0.2) is 9.84 Å². The van der Waals surface area contributed by atoms with Gasteiger partial charge in [-0.15, -0.1) is 0 Å². The lowest BCUT2D eigenvalue weighted by Crippen LogP contribution is -2.40. The number of rotatable bonds is 1. The Morgan fingerprint density at radius 2 is 2.12 bits per heavy atom. The molecule has 1 aliphatic rings. The normalized spacial score (nSPS) is 28.9. The molecule has 88 valence electrons. The molecule has 0 saturated carbocycles. The predicted octanol–water partition coefficient (Wildman–Crippen LogP) is 1.06. The first kappa shape index (κ1) is 11.5. The monoisotopic (exact) mass is 243 g/mol. The van der Waals surface area contributed by atoms with Gasteiger partial charge in [-0.3, -0.25) is 0 Å². The summed E-state index contributed by atoms with van der Waals surface area (Å²) in [6.07, 6.45) is 0.448. The summed E-state index contributed by atoms with van der Waals surface area (Å²) >= 11 is 0. The maximum Gasteiger partial charge on any atom is 0.151 e. The van der Waals surface area contributed by atoms with Gasteiger partial charge in [0.2, 0.25) is 0 Å². The maximum atomic E-state index is 13.1. The van der Waals surface area contributed by atoms with E-state index in [9.17, 15) is 12.8 Å². The summed E-state index contributed by atoms with van der Waals surface area (Å²) in [7, 11) is -3.03. The van der Waals surface area contributed by atoms with E-state index in [1.807, 2.05) is 0 Å². The third kappa shape index (κ3) is 2.41. The summed E-state index contributed by atoms with van der Waals surface area (Å²) in [5.74, 6) is -0.473. The van der Waals surface area contributed by atoms with Crippen molar-refractivity contribution in [3.63, 3.8) is 0 Å². The fraction of sp³-hybridized carbons (Fsp3) is 0.455. The highest BCUT2D eigenvalue weighted by molar-refractivity contribution is 7.91. The van der Waals surface area contributed by atoms with Gasteiger partial charge in [0.05, 0.1) is 11.5 Å². The molecule has 1 saturated heterocycles. The van der Waals surface area contributed by atoms with E-state index >= 15 is 0 Å². The van der Waals surface area contributed by atoms with Crippen molar-refractivity contribution in [3.05, 3.63) is 35.6 Å². The van der Waals surface area contributed by atoms with E-state index in [-0.39, 0.29) is 29.3 Å². The Kier molecular flexibility index (Phi) is 2.99. The summed E-state index contributed by atoms with van der Waals surface area (Å²) in [6, 6.07) is 5.82. The molecular formula is C11H14FNO2S. The largest absolute Gasteiger partial charge is 0.327 e. The molecule has 0 amide bonds. The van der Waals surface area contributed by atoms with Crippen molar-refractivity contribution >= 4 is 9.84 Å². The highest BCUT2D eigenvalue weighted by atomic mass is 32.2. The van der Waals surface area contributed by atoms with E-state index in [2.05, 4.69) is 0 Å². The Morgan fingerprint density at radius 1 is 1.38 bits per heavy atom. The predicted molar refractivity (Wildman–Crippen MR) is 60.4 cm³/mol. The molecule has 2 unspecified atom stereocenters. The van der Waals surface area contributed by atoms with Gasteiger partial charge in [-0.1, -0.05) is 12.1 Å². The number of nitrogens with two attached hydrogens (primary N) is 1. The topological polar surface area (TPSA) is 60.2 Å². The van der Waals surface area contributed by atoms with Crippen molar-refractivity contribution in [1.29, 1.82) is 0 Å². The van der Waals surface area contributed by atoms with Gasteiger partial charge >= 0.3 is 0 Å². The van der Waals surface area contributed by atoms with Crippen molar-refractivity contribution in [2.75, 3.05) is 11.5 Å². The zero-order valence-corrected chi connectivity index (χ0v) is 9.58. The van der Waals surface area contributed by atoms with Crippen molar-refractivity contribution in [1.82, 2.24) is 0 Å². The maximum absolute atomic E-state index is 13.1. The van der Waals surface area contributed by atoms with Crippen molar-refractivity contribution in [2.24, 2.45) is 5.73 Å². The van der Waals surface area contributed by atoms with Crippen LogP contribution >= 0.6 is 0 Å². The minimum atomic E-state index is -3.03. The second kappa shape index (κ2) is 4.14. The molecule has 0 aromatic heterocycles. The number of benzene rings is 1. The molecule has 1 heterocycles. The molecule has 1 aromatic rings. The second-order valence-corrected chi connectivity index (χ2v) is 6.46. The van der Waals surface area contributed by atoms with E-state index in [0.29, 0.717) is 12.0 Å². The first-order chi connectivity index (χ1) is 7.48. The number of sulfone groups is 1. The van der Waals surface area contributed by atoms with Crippen LogP contribution in [-0.2, 0) is 9.84 Å². The minimum Gasteiger partial charge on any atom is -0.327 e. The molecule has 5 heteroatoms. The van der Waals surface area contributed by atoms with E-state index in [1.54, 1.807) is 12.1 Å². The quantitative estimate of drug-likeness (QED) is 0.802. The SMILES string of the molecule is NC1CCS(=O)(=O)CC1c1cccc(F)c1. The Balaban J connectivity index is 2.32. The molecule has 0 radical (unpaired) electrons. The average Bonchev–Trinajstić information content (AvgIpc) is 2.22. The van der Waals surface area contributed by atoms with E-state index in [4.69, 9.17) is 5.73 Å². The van der Waals surface area contributed by atoms with Crippen LogP contribution in [0.5, 0.6) is 0 Å². The van der Waals surface area contributed by atoms with Gasteiger partial charge in [0, 0.05) is 12.0 Å². The Morgan fingerprint density at radius 3 is 2.81 bits per heavy atom. The summed E-state index contributed by atoms with van der Waals surface area (Å²) in [5.41, 5.74) is 6.57. The molecule has 2 rings (SSSR count). The summed E-state index contributed by atoms with van der Waals surface area (Å²) in [4.78, 5) is 0. The van der Waals surface area contributed by atoms with Crippen LogP contribution in [0.2, 0.25) is 0 Å². The Labute approximate surface area is 94.4 Å². The Bertz CT molecular complexity index is 487. The van der Waals surface area contributed by atoms with Crippen molar-refractivity contribution in [2.45, 2.75) is 18.4 Å². The number of hydrogen-bond donors (Lipinski definition) is 1. The Hall–Kier alpha value is -0.940. The molecular weight excluding hydrogens is 229 g/mol. The smallest absolute Gasteiger partial charge is 0.151 e. The third-order valence-corrected chi connectivity index (χ3v) is 4.71. The van der Waals surface area contributed by atoms with Crippen LogP contribution in [0, 0.1) is 5.82 Å². The summed E-state index contributed by atoms with van der Waals surface area (Å²) in [5, 5.41) is 0. The summed E-state index contributed by atoms with van der Waals surface area (Å²) < 4.78 is 36.1. The first-order valence-corrected chi connectivity index (χ1v) is 7.01. The first-order valence-electron chi connectivity index (χ1n) is 5.19. The molecule has 0 bridgehead atoms. The van der Waals surface area contributed by atoms with Crippen LogP contribution in [0.4, 0.5) is 4.39 Å². The lowest BCUT2D eigenvalue weighted by molar-refractivity contribution is 0.502. The average molecular weight is 243 g/mol. The molecule has 1 fully saturated rings. The van der Waals surface area contributed by atoms with Crippen LogP contribution in [0.3, 0.4) is 0 Å². The standard InChI is InChI=1S/C11H14FNO2S/c12-9-3-1-2-8(6-9)10-7-16(14,15)5-4-11(10)13/h1-3,6,10-11H,4-5,7,13H2. The van der Waals surface area contributed by atoms with Crippen molar-refractivity contribution in [3.8, 4) is 0 Å². The van der Waals surface area contributed by atoms with E-state index in [1.165, 1.54) is 12.1 Å². The number of hydrogen-bond acceptors (Lipinski definition) is 3. The second-order valence-electron chi connectivity index (χ2n) is 4.23. The lowest BCUT2D eigenvalue weighted by atomic mass is 9.92. The van der Waals surface area contributed by atoms with Crippen LogP contribution in [-0.4, -0.2) is 26.0 Å². The fourth-order valence-corrected chi connectivity index (χ4v) is 3.86. The zero-order chi connectivity index (χ0) is 11.8. The van der Waals surface area contributed by atoms with Crippen molar-refractivity contribution < 1.29 is 12.8 Å². The summed E-state index contributed by atoms with van der Waals surface area (Å²) in [6.45, 7) is 0. The van der Waals surface area contributed by atoms with Gasteiger partial charge in [-0.25, -0.2) is 12.8 Å². The van der Waals surface area contributed by atoms with E-state index in [0.717, 1.165) is 0 Å². The molecule has 0 aliphatic carbocycles.